The van der Waals surface area contributed by atoms with E-state index in [0.717, 1.165) is 27.3 Å². The van der Waals surface area contributed by atoms with Gasteiger partial charge in [-0.1, -0.05) is 55.5 Å². The van der Waals surface area contributed by atoms with E-state index in [1.165, 1.54) is 7.05 Å². The number of nitrogens with zero attached hydrogens (tertiary/aromatic N) is 1. The average Bonchev–Trinajstić information content (AvgIpc) is 3.08. The predicted octanol–water partition coefficient (Wildman–Crippen LogP) is 3.02. The molecule has 0 aromatic heterocycles. The number of benzene rings is 2. The van der Waals surface area contributed by atoms with Gasteiger partial charge in [-0.2, -0.15) is 0 Å². The molecule has 0 heterocycles. The lowest BCUT2D eigenvalue weighted by molar-refractivity contribution is -0.189. The largest absolute Gasteiger partial charge is 0.479 e. The zero-order valence-electron chi connectivity index (χ0n) is 17.7. The second-order valence-electron chi connectivity index (χ2n) is 7.55. The van der Waals surface area contributed by atoms with Crippen LogP contribution in [0.5, 0.6) is 0 Å². The lowest BCUT2D eigenvalue weighted by Gasteiger charge is -2.25. The number of fused-ring (bicyclic) bond motifs is 3. The first-order valence-electron chi connectivity index (χ1n) is 10.0. The summed E-state index contributed by atoms with van der Waals surface area (Å²) in [6.07, 6.45) is -0.622. The molecule has 0 bridgehead atoms. The van der Waals surface area contributed by atoms with Crippen molar-refractivity contribution in [3.05, 3.63) is 59.7 Å². The van der Waals surface area contributed by atoms with E-state index in [2.05, 4.69) is 17.4 Å². The van der Waals surface area contributed by atoms with Crippen LogP contribution in [0.1, 0.15) is 30.9 Å². The number of aliphatic carboxylic acids is 1. The van der Waals surface area contributed by atoms with Crippen LogP contribution in [-0.2, 0) is 19.2 Å². The molecule has 164 valence electrons. The number of carboxylic acid groups (broad SMARTS) is 1. The van der Waals surface area contributed by atoms with E-state index in [4.69, 9.17) is 14.7 Å². The monoisotopic (exact) mass is 426 g/mol. The van der Waals surface area contributed by atoms with Gasteiger partial charge in [-0.3, -0.25) is 9.63 Å². The van der Waals surface area contributed by atoms with Gasteiger partial charge in [0, 0.05) is 19.0 Å². The second-order valence-corrected chi connectivity index (χ2v) is 7.55. The number of carboxylic acids is 1. The van der Waals surface area contributed by atoms with Crippen LogP contribution in [0.15, 0.2) is 48.5 Å². The van der Waals surface area contributed by atoms with Crippen LogP contribution in [0.4, 0.5) is 4.79 Å². The Kier molecular flexibility index (Phi) is 6.91. The van der Waals surface area contributed by atoms with E-state index < -0.39 is 36.5 Å². The van der Waals surface area contributed by atoms with Crippen molar-refractivity contribution < 1.29 is 29.1 Å². The molecule has 2 aromatic carbocycles. The molecule has 8 nitrogen and oxygen atoms in total. The lowest BCUT2D eigenvalue weighted by atomic mass is 9.98. The van der Waals surface area contributed by atoms with E-state index in [-0.39, 0.29) is 12.5 Å². The van der Waals surface area contributed by atoms with Crippen molar-refractivity contribution in [2.45, 2.75) is 25.8 Å². The van der Waals surface area contributed by atoms with E-state index in [1.54, 1.807) is 13.8 Å². The molecule has 1 aliphatic rings. The van der Waals surface area contributed by atoms with Gasteiger partial charge in [0.15, 0.2) is 6.61 Å². The number of hydroxylamine groups is 2. The highest BCUT2D eigenvalue weighted by Gasteiger charge is 2.30. The Morgan fingerprint density at radius 1 is 1.03 bits per heavy atom. The van der Waals surface area contributed by atoms with Crippen LogP contribution in [0.2, 0.25) is 0 Å². The molecule has 0 fully saturated rings. The minimum absolute atomic E-state index is 0.0527. The number of hydrogen-bond donors (Lipinski definition) is 2. The topological polar surface area (TPSA) is 105 Å². The van der Waals surface area contributed by atoms with Crippen LogP contribution in [0.3, 0.4) is 0 Å². The summed E-state index contributed by atoms with van der Waals surface area (Å²) in [5, 5.41) is 12.2. The molecule has 8 heteroatoms. The van der Waals surface area contributed by atoms with Crippen molar-refractivity contribution in [1.29, 1.82) is 0 Å². The zero-order chi connectivity index (χ0) is 22.5. The van der Waals surface area contributed by atoms with Gasteiger partial charge in [0.2, 0.25) is 0 Å². The van der Waals surface area contributed by atoms with Crippen molar-refractivity contribution in [2.75, 3.05) is 20.3 Å². The molecule has 2 unspecified atom stereocenters. The zero-order valence-corrected chi connectivity index (χ0v) is 17.7. The summed E-state index contributed by atoms with van der Waals surface area (Å²) < 4.78 is 5.50. The Labute approximate surface area is 180 Å². The first-order valence-corrected chi connectivity index (χ1v) is 10.0. The van der Waals surface area contributed by atoms with Gasteiger partial charge in [0.05, 0.1) is 5.92 Å². The fourth-order valence-corrected chi connectivity index (χ4v) is 3.67. The number of rotatable bonds is 8. The third-order valence-electron chi connectivity index (χ3n) is 5.52. The van der Waals surface area contributed by atoms with Gasteiger partial charge in [-0.25, -0.2) is 14.7 Å². The Morgan fingerprint density at radius 2 is 1.58 bits per heavy atom. The molecule has 1 aliphatic carbocycles. The highest BCUT2D eigenvalue weighted by atomic mass is 16.7. The van der Waals surface area contributed by atoms with E-state index in [9.17, 15) is 14.4 Å². The van der Waals surface area contributed by atoms with Crippen LogP contribution in [-0.4, -0.2) is 54.4 Å². The van der Waals surface area contributed by atoms with E-state index in [1.807, 2.05) is 36.4 Å². The fourth-order valence-electron chi connectivity index (χ4n) is 3.67. The highest BCUT2D eigenvalue weighted by molar-refractivity contribution is 5.80. The minimum Gasteiger partial charge on any atom is -0.479 e. The molecule has 0 aliphatic heterocycles. The molecular formula is C23H26N2O6. The number of carbonyl (C=O) groups excluding carboxylic acids is 2. The Morgan fingerprint density at radius 3 is 2.13 bits per heavy atom. The summed E-state index contributed by atoms with van der Waals surface area (Å²) in [6, 6.07) is 15.6. The molecule has 3 rings (SSSR count). The molecule has 31 heavy (non-hydrogen) atoms. The predicted molar refractivity (Wildman–Crippen MR) is 113 cm³/mol. The third kappa shape index (κ3) is 5.03. The molecule has 0 radical (unpaired) electrons. The van der Waals surface area contributed by atoms with Crippen molar-refractivity contribution in [3.8, 4) is 11.1 Å². The number of amides is 2. The van der Waals surface area contributed by atoms with Gasteiger partial charge in [-0.05, 0) is 29.2 Å². The summed E-state index contributed by atoms with van der Waals surface area (Å²) in [5.41, 5.74) is 4.52. The fraction of sp³-hybridized carbons (Fsp3) is 0.348. The number of ether oxygens (including phenoxy) is 1. The Hall–Kier alpha value is -3.39. The quantitative estimate of drug-likeness (QED) is 0.629. The second kappa shape index (κ2) is 9.61. The number of hydrogen-bond acceptors (Lipinski definition) is 5. The molecule has 2 atom stereocenters. The van der Waals surface area contributed by atoms with E-state index in [0.29, 0.717) is 0 Å². The molecule has 2 amide bonds. The van der Waals surface area contributed by atoms with Crippen molar-refractivity contribution in [3.63, 3.8) is 0 Å². The number of nitrogens with one attached hydrogen (secondary N) is 1. The van der Waals surface area contributed by atoms with Gasteiger partial charge in [0.25, 0.3) is 5.91 Å². The van der Waals surface area contributed by atoms with Crippen LogP contribution < -0.4 is 5.32 Å². The van der Waals surface area contributed by atoms with Crippen LogP contribution >= 0.6 is 0 Å². The lowest BCUT2D eigenvalue weighted by Crippen LogP contribution is -2.45. The first-order chi connectivity index (χ1) is 14.8. The SMILES string of the molecule is CC(NC(=O)OCC1c2ccccc2-c2ccccc21)C(C)C(=O)N(C)OCC(=O)O. The molecule has 2 N–H and O–H groups in total. The maximum atomic E-state index is 12.4. The molecule has 0 spiro atoms. The van der Waals surface area contributed by atoms with Crippen LogP contribution in [0.25, 0.3) is 11.1 Å². The smallest absolute Gasteiger partial charge is 0.407 e. The molecule has 0 saturated carbocycles. The molecular weight excluding hydrogens is 400 g/mol. The average molecular weight is 426 g/mol. The summed E-state index contributed by atoms with van der Waals surface area (Å²) in [5.74, 6) is -2.33. The first kappa shape index (κ1) is 22.3. The summed E-state index contributed by atoms with van der Waals surface area (Å²) >= 11 is 0. The van der Waals surface area contributed by atoms with E-state index >= 15 is 0 Å². The molecule has 0 saturated heterocycles. The molecule has 2 aromatic rings. The summed E-state index contributed by atoms with van der Waals surface area (Å²) in [4.78, 5) is 40.2. The van der Waals surface area contributed by atoms with Gasteiger partial charge >= 0.3 is 12.1 Å². The van der Waals surface area contributed by atoms with Crippen molar-refractivity contribution in [2.24, 2.45) is 5.92 Å². The van der Waals surface area contributed by atoms with Gasteiger partial charge in [-0.15, -0.1) is 0 Å². The third-order valence-corrected chi connectivity index (χ3v) is 5.52. The van der Waals surface area contributed by atoms with Gasteiger partial charge in [0.1, 0.15) is 6.61 Å². The van der Waals surface area contributed by atoms with Crippen molar-refractivity contribution in [1.82, 2.24) is 10.4 Å². The maximum Gasteiger partial charge on any atom is 0.407 e. The normalized spacial score (nSPS) is 14.2. The summed E-state index contributed by atoms with van der Waals surface area (Å²) in [7, 11) is 1.34. The number of alkyl carbamates (subject to hydrolysis) is 1. The highest BCUT2D eigenvalue weighted by Crippen LogP contribution is 2.44. The minimum atomic E-state index is -1.18. The maximum absolute atomic E-state index is 12.4. The Balaban J connectivity index is 1.57. The Bertz CT molecular complexity index is 931. The van der Waals surface area contributed by atoms with Crippen LogP contribution in [0, 0.1) is 5.92 Å². The van der Waals surface area contributed by atoms with Gasteiger partial charge < -0.3 is 15.2 Å². The standard InChI is InChI=1S/C23H26N2O6/c1-14(22(28)25(3)31-13-21(26)27)15(2)24-23(29)30-12-20-18-10-6-4-8-16(18)17-9-5-7-11-19(17)20/h4-11,14-15,20H,12-13H2,1-3H3,(H,24,29)(H,26,27). The number of carbonyl (C=O) groups is 3. The summed E-state index contributed by atoms with van der Waals surface area (Å²) in [6.45, 7) is 2.85. The van der Waals surface area contributed by atoms with Crippen molar-refractivity contribution >= 4 is 18.0 Å².